The molecule has 0 aliphatic rings. The molecule has 2 N–H and O–H groups in total. The molecule has 1 rings (SSSR count). The molecule has 120 valence electrons. The zero-order chi connectivity index (χ0) is 16.0. The van der Waals surface area contributed by atoms with Crippen LogP contribution in [0.1, 0.15) is 26.3 Å². The second-order valence-corrected chi connectivity index (χ2v) is 6.53. The minimum Gasteiger partial charge on any atom is -0.493 e. The molecule has 0 aromatic heterocycles. The van der Waals surface area contributed by atoms with Crippen LogP contribution in [0.3, 0.4) is 0 Å². The Morgan fingerprint density at radius 1 is 1.19 bits per heavy atom. The Kier molecular flexibility index (Phi) is 6.49. The number of benzene rings is 1. The lowest BCUT2D eigenvalue weighted by atomic mass is 9.92. The number of likely N-dealkylation sites (N-methyl/N-ethyl adjacent to an activating group) is 1. The van der Waals surface area contributed by atoms with Gasteiger partial charge in [0.15, 0.2) is 11.5 Å². The van der Waals surface area contributed by atoms with E-state index < -0.39 is 0 Å². The second-order valence-electron chi connectivity index (χ2n) is 6.53. The summed E-state index contributed by atoms with van der Waals surface area (Å²) >= 11 is 0. The molecule has 4 heteroatoms. The number of ether oxygens (including phenoxy) is 2. The molecule has 1 unspecified atom stereocenters. The molecule has 0 heterocycles. The predicted molar refractivity (Wildman–Crippen MR) is 88.2 cm³/mol. The van der Waals surface area contributed by atoms with E-state index in [1.807, 2.05) is 6.07 Å². The maximum Gasteiger partial charge on any atom is 0.160 e. The lowest BCUT2D eigenvalue weighted by molar-refractivity contribution is 0.172. The fraction of sp³-hybridized carbons (Fsp3) is 0.647. The van der Waals surface area contributed by atoms with Gasteiger partial charge in [0.25, 0.3) is 0 Å². The van der Waals surface area contributed by atoms with E-state index in [0.29, 0.717) is 12.6 Å². The first-order valence-corrected chi connectivity index (χ1v) is 7.44. The van der Waals surface area contributed by atoms with Crippen LogP contribution in [0.2, 0.25) is 0 Å². The highest BCUT2D eigenvalue weighted by atomic mass is 16.5. The van der Waals surface area contributed by atoms with Crippen molar-refractivity contribution >= 4 is 0 Å². The Balaban J connectivity index is 2.72. The third-order valence-corrected chi connectivity index (χ3v) is 3.96. The minimum absolute atomic E-state index is 0.139. The van der Waals surface area contributed by atoms with Gasteiger partial charge in [-0.05, 0) is 50.0 Å². The van der Waals surface area contributed by atoms with Crippen molar-refractivity contribution in [3.63, 3.8) is 0 Å². The molecule has 1 aromatic carbocycles. The quantitative estimate of drug-likeness (QED) is 0.800. The van der Waals surface area contributed by atoms with Crippen molar-refractivity contribution in [2.45, 2.75) is 33.2 Å². The highest BCUT2D eigenvalue weighted by Crippen LogP contribution is 2.28. The van der Waals surface area contributed by atoms with Gasteiger partial charge in [-0.3, -0.25) is 0 Å². The molecule has 0 bridgehead atoms. The van der Waals surface area contributed by atoms with Gasteiger partial charge in [0, 0.05) is 12.6 Å². The molecule has 0 saturated heterocycles. The van der Waals surface area contributed by atoms with Crippen molar-refractivity contribution in [2.24, 2.45) is 11.1 Å². The van der Waals surface area contributed by atoms with Crippen molar-refractivity contribution in [3.8, 4) is 11.5 Å². The predicted octanol–water partition coefficient (Wildman–Crippen LogP) is 2.55. The van der Waals surface area contributed by atoms with Crippen LogP contribution >= 0.6 is 0 Å². The fourth-order valence-electron chi connectivity index (χ4n) is 2.40. The Morgan fingerprint density at radius 2 is 1.81 bits per heavy atom. The Morgan fingerprint density at radius 3 is 2.33 bits per heavy atom. The largest absolute Gasteiger partial charge is 0.493 e. The number of hydrogen-bond acceptors (Lipinski definition) is 4. The van der Waals surface area contributed by atoms with Crippen molar-refractivity contribution in [2.75, 3.05) is 34.4 Å². The average molecular weight is 294 g/mol. The van der Waals surface area contributed by atoms with Gasteiger partial charge in [0.1, 0.15) is 0 Å². The molecule has 1 atom stereocenters. The normalized spacial score (nSPS) is 13.3. The first-order valence-electron chi connectivity index (χ1n) is 7.44. The summed E-state index contributed by atoms with van der Waals surface area (Å²) in [6, 6.07) is 6.55. The topological polar surface area (TPSA) is 47.7 Å². The third-order valence-electron chi connectivity index (χ3n) is 3.96. The van der Waals surface area contributed by atoms with Crippen LogP contribution in [0.4, 0.5) is 0 Å². The van der Waals surface area contributed by atoms with Crippen molar-refractivity contribution in [1.82, 2.24) is 4.90 Å². The average Bonchev–Trinajstić information content (AvgIpc) is 2.46. The van der Waals surface area contributed by atoms with Gasteiger partial charge >= 0.3 is 0 Å². The van der Waals surface area contributed by atoms with Gasteiger partial charge in [0.05, 0.1) is 14.2 Å². The molecule has 4 nitrogen and oxygen atoms in total. The summed E-state index contributed by atoms with van der Waals surface area (Å²) in [5, 5.41) is 0. The summed E-state index contributed by atoms with van der Waals surface area (Å²) in [6.45, 7) is 8.32. The van der Waals surface area contributed by atoms with E-state index in [-0.39, 0.29) is 5.41 Å². The zero-order valence-electron chi connectivity index (χ0n) is 14.3. The second kappa shape index (κ2) is 7.66. The van der Waals surface area contributed by atoms with Crippen molar-refractivity contribution < 1.29 is 9.47 Å². The molecule has 1 aromatic rings. The Hall–Kier alpha value is -1.26. The number of nitrogens with two attached hydrogens (primary N) is 1. The summed E-state index contributed by atoms with van der Waals surface area (Å²) in [5.74, 6) is 1.55. The van der Waals surface area contributed by atoms with Crippen LogP contribution in [0.15, 0.2) is 18.2 Å². The summed E-state index contributed by atoms with van der Waals surface area (Å²) in [6.07, 6.45) is 0.970. The smallest absolute Gasteiger partial charge is 0.160 e. The maximum atomic E-state index is 5.82. The zero-order valence-corrected chi connectivity index (χ0v) is 14.3. The molecule has 21 heavy (non-hydrogen) atoms. The van der Waals surface area contributed by atoms with Crippen LogP contribution < -0.4 is 15.2 Å². The van der Waals surface area contributed by atoms with Crippen molar-refractivity contribution in [3.05, 3.63) is 23.8 Å². The highest BCUT2D eigenvalue weighted by Gasteiger charge is 2.21. The van der Waals surface area contributed by atoms with Gasteiger partial charge in [0.2, 0.25) is 0 Å². The Bertz CT molecular complexity index is 446. The fourth-order valence-corrected chi connectivity index (χ4v) is 2.40. The van der Waals surface area contributed by atoms with Crippen molar-refractivity contribution in [1.29, 1.82) is 0 Å². The summed E-state index contributed by atoms with van der Waals surface area (Å²) < 4.78 is 10.6. The van der Waals surface area contributed by atoms with Gasteiger partial charge in [-0.2, -0.15) is 0 Å². The first-order chi connectivity index (χ1) is 9.82. The van der Waals surface area contributed by atoms with E-state index in [0.717, 1.165) is 24.5 Å². The number of nitrogens with zero attached hydrogens (tertiary/aromatic N) is 1. The Labute approximate surface area is 129 Å². The highest BCUT2D eigenvalue weighted by molar-refractivity contribution is 5.43. The molecular weight excluding hydrogens is 264 g/mol. The number of rotatable bonds is 8. The third kappa shape index (κ3) is 5.21. The van der Waals surface area contributed by atoms with E-state index in [9.17, 15) is 0 Å². The van der Waals surface area contributed by atoms with E-state index in [1.54, 1.807) is 14.2 Å². The van der Waals surface area contributed by atoms with Crippen LogP contribution in [-0.2, 0) is 6.42 Å². The number of hydrogen-bond donors (Lipinski definition) is 1. The summed E-state index contributed by atoms with van der Waals surface area (Å²) in [4.78, 5) is 2.36. The van der Waals surface area contributed by atoms with E-state index in [1.165, 1.54) is 5.56 Å². The van der Waals surface area contributed by atoms with Crippen LogP contribution in [-0.4, -0.2) is 45.3 Å². The molecule has 0 aliphatic heterocycles. The van der Waals surface area contributed by atoms with E-state index >= 15 is 0 Å². The molecule has 0 amide bonds. The molecule has 0 spiro atoms. The lowest BCUT2D eigenvalue weighted by Crippen LogP contribution is -2.41. The SMILES string of the molecule is COc1ccc(CC(C)N(C)CC(C)(C)CN)cc1OC. The van der Waals surface area contributed by atoms with E-state index in [2.05, 4.69) is 44.9 Å². The maximum absolute atomic E-state index is 5.82. The molecule has 0 radical (unpaired) electrons. The molecule has 0 saturated carbocycles. The lowest BCUT2D eigenvalue weighted by Gasteiger charge is -2.33. The van der Waals surface area contributed by atoms with Gasteiger partial charge < -0.3 is 20.1 Å². The van der Waals surface area contributed by atoms with Crippen LogP contribution in [0.25, 0.3) is 0 Å². The van der Waals surface area contributed by atoms with Gasteiger partial charge in [-0.1, -0.05) is 19.9 Å². The minimum atomic E-state index is 0.139. The standard InChI is InChI=1S/C17H30N2O2/c1-13(19(4)12-17(2,3)11-18)9-14-7-8-15(20-5)16(10-14)21-6/h7-8,10,13H,9,11-12,18H2,1-6H3. The summed E-state index contributed by atoms with van der Waals surface area (Å²) in [5.41, 5.74) is 7.21. The van der Waals surface area contributed by atoms with Crippen LogP contribution in [0, 0.1) is 5.41 Å². The summed E-state index contributed by atoms with van der Waals surface area (Å²) in [7, 11) is 5.48. The first kappa shape index (κ1) is 17.8. The van der Waals surface area contributed by atoms with E-state index in [4.69, 9.17) is 15.2 Å². The molecule has 0 aliphatic carbocycles. The molecule has 0 fully saturated rings. The van der Waals surface area contributed by atoms with Gasteiger partial charge in [-0.25, -0.2) is 0 Å². The monoisotopic (exact) mass is 294 g/mol. The number of methoxy groups -OCH3 is 2. The molecular formula is C17H30N2O2. The van der Waals surface area contributed by atoms with Crippen LogP contribution in [0.5, 0.6) is 11.5 Å². The van der Waals surface area contributed by atoms with Gasteiger partial charge in [-0.15, -0.1) is 0 Å².